The van der Waals surface area contributed by atoms with Crippen LogP contribution in [-0.4, -0.2) is 45.3 Å². The zero-order valence-corrected chi connectivity index (χ0v) is 10.4. The number of alkyl halides is 1. The van der Waals surface area contributed by atoms with Crippen molar-refractivity contribution in [3.63, 3.8) is 0 Å². The summed E-state index contributed by atoms with van der Waals surface area (Å²) in [5, 5.41) is 18.2. The fourth-order valence-corrected chi connectivity index (χ4v) is 2.15. The molecule has 1 aliphatic rings. The third kappa shape index (κ3) is 2.34. The van der Waals surface area contributed by atoms with Gasteiger partial charge in [0.1, 0.15) is 5.82 Å². The molecule has 1 aliphatic heterocycles. The van der Waals surface area contributed by atoms with Crippen LogP contribution in [0.15, 0.2) is 11.0 Å². The first kappa shape index (κ1) is 13.9. The standard InChI is InChI=1S/C11H16FN3O4/c1-5-2-15(11(18)14-9(5)13)10-8(12)6(3-16)7(4-17)19-10/h2,6-8,10,16-17H,3-4H2,1H3,(H2,13,14,18)/t6-,7+,8-,10-/m0/s1. The average molecular weight is 273 g/mol. The van der Waals surface area contributed by atoms with E-state index in [1.165, 1.54) is 6.20 Å². The molecule has 19 heavy (non-hydrogen) atoms. The van der Waals surface area contributed by atoms with E-state index in [4.69, 9.17) is 20.7 Å². The van der Waals surface area contributed by atoms with Crippen LogP contribution in [0.4, 0.5) is 10.2 Å². The van der Waals surface area contributed by atoms with Crippen LogP contribution in [0.1, 0.15) is 11.8 Å². The van der Waals surface area contributed by atoms with E-state index in [0.29, 0.717) is 5.56 Å². The number of ether oxygens (including phenoxy) is 1. The van der Waals surface area contributed by atoms with Gasteiger partial charge in [-0.05, 0) is 6.92 Å². The number of aliphatic hydroxyl groups is 2. The number of nitrogen functional groups attached to an aromatic ring is 1. The zero-order chi connectivity index (χ0) is 14.2. The van der Waals surface area contributed by atoms with Crippen LogP contribution in [0.25, 0.3) is 0 Å². The molecule has 1 saturated heterocycles. The second-order valence-corrected chi connectivity index (χ2v) is 4.54. The molecular formula is C11H16FN3O4. The van der Waals surface area contributed by atoms with E-state index in [-0.39, 0.29) is 5.82 Å². The molecular weight excluding hydrogens is 257 g/mol. The lowest BCUT2D eigenvalue weighted by Gasteiger charge is -2.17. The normalized spacial score (nSPS) is 30.7. The molecule has 0 saturated carbocycles. The fourth-order valence-electron chi connectivity index (χ4n) is 2.15. The molecule has 7 nitrogen and oxygen atoms in total. The quantitative estimate of drug-likeness (QED) is 0.649. The summed E-state index contributed by atoms with van der Waals surface area (Å²) < 4.78 is 20.5. The maximum absolute atomic E-state index is 14.2. The molecule has 1 fully saturated rings. The number of halogens is 1. The molecule has 0 aliphatic carbocycles. The molecule has 0 bridgehead atoms. The van der Waals surface area contributed by atoms with Crippen LogP contribution in [0, 0.1) is 12.8 Å². The molecule has 4 atom stereocenters. The van der Waals surface area contributed by atoms with Crippen molar-refractivity contribution in [1.29, 1.82) is 0 Å². The minimum Gasteiger partial charge on any atom is -0.396 e. The van der Waals surface area contributed by atoms with Gasteiger partial charge in [0.05, 0.1) is 19.3 Å². The molecule has 0 spiro atoms. The van der Waals surface area contributed by atoms with Gasteiger partial charge in [-0.3, -0.25) is 4.57 Å². The van der Waals surface area contributed by atoms with E-state index in [0.717, 1.165) is 4.57 Å². The third-order valence-electron chi connectivity index (χ3n) is 3.31. The predicted octanol–water partition coefficient (Wildman–Crippen LogP) is -1.03. The summed E-state index contributed by atoms with van der Waals surface area (Å²) in [6, 6.07) is 0. The van der Waals surface area contributed by atoms with E-state index in [2.05, 4.69) is 4.98 Å². The van der Waals surface area contributed by atoms with Crippen LogP contribution in [0.2, 0.25) is 0 Å². The Labute approximate surface area is 108 Å². The zero-order valence-electron chi connectivity index (χ0n) is 10.4. The summed E-state index contributed by atoms with van der Waals surface area (Å²) in [6.07, 6.45) is -2.32. The van der Waals surface area contributed by atoms with E-state index in [1.54, 1.807) is 6.92 Å². The smallest absolute Gasteiger partial charge is 0.351 e. The highest BCUT2D eigenvalue weighted by molar-refractivity contribution is 5.35. The Balaban J connectivity index is 2.38. The van der Waals surface area contributed by atoms with Gasteiger partial charge in [0.2, 0.25) is 0 Å². The highest BCUT2D eigenvalue weighted by Crippen LogP contribution is 2.35. The first-order valence-electron chi connectivity index (χ1n) is 5.86. The molecule has 1 aromatic heterocycles. The molecule has 0 amide bonds. The molecule has 0 aromatic carbocycles. The highest BCUT2D eigenvalue weighted by Gasteiger charge is 2.45. The van der Waals surface area contributed by atoms with Crippen molar-refractivity contribution in [2.45, 2.75) is 25.4 Å². The number of nitrogens with zero attached hydrogens (tertiary/aromatic N) is 2. The van der Waals surface area contributed by atoms with Crippen LogP contribution in [0.3, 0.4) is 0 Å². The second-order valence-electron chi connectivity index (χ2n) is 4.54. The SMILES string of the molecule is Cc1cn([C@H]2O[C@H](CO)[C@H](CO)[C@@H]2F)c(=O)nc1N. The molecule has 4 N–H and O–H groups in total. The lowest BCUT2D eigenvalue weighted by atomic mass is 10.0. The number of aliphatic hydroxyl groups excluding tert-OH is 2. The summed E-state index contributed by atoms with van der Waals surface area (Å²) in [7, 11) is 0. The Kier molecular flexibility index (Phi) is 3.83. The minimum absolute atomic E-state index is 0.0760. The van der Waals surface area contributed by atoms with Gasteiger partial charge < -0.3 is 20.7 Å². The minimum atomic E-state index is -1.61. The van der Waals surface area contributed by atoms with Crippen molar-refractivity contribution in [1.82, 2.24) is 9.55 Å². The molecule has 0 radical (unpaired) electrons. The number of nitrogens with two attached hydrogens (primary N) is 1. The van der Waals surface area contributed by atoms with Crippen molar-refractivity contribution in [3.05, 3.63) is 22.2 Å². The van der Waals surface area contributed by atoms with E-state index >= 15 is 0 Å². The highest BCUT2D eigenvalue weighted by atomic mass is 19.1. The Bertz CT molecular complexity index is 521. The number of rotatable bonds is 3. The molecule has 106 valence electrons. The van der Waals surface area contributed by atoms with Crippen molar-refractivity contribution in [3.8, 4) is 0 Å². The van der Waals surface area contributed by atoms with E-state index < -0.39 is 43.3 Å². The van der Waals surface area contributed by atoms with E-state index in [1.807, 2.05) is 0 Å². The Hall–Kier alpha value is -1.51. The van der Waals surface area contributed by atoms with Crippen molar-refractivity contribution < 1.29 is 19.3 Å². The van der Waals surface area contributed by atoms with Crippen molar-refractivity contribution in [2.75, 3.05) is 18.9 Å². The topological polar surface area (TPSA) is 111 Å². The second kappa shape index (κ2) is 5.24. The maximum Gasteiger partial charge on any atom is 0.351 e. The fraction of sp³-hybridized carbons (Fsp3) is 0.636. The molecule has 1 aromatic rings. The van der Waals surface area contributed by atoms with Crippen molar-refractivity contribution in [2.24, 2.45) is 5.92 Å². The van der Waals surface area contributed by atoms with Gasteiger partial charge >= 0.3 is 5.69 Å². The Morgan fingerprint density at radius 2 is 2.21 bits per heavy atom. The monoisotopic (exact) mass is 273 g/mol. The van der Waals surface area contributed by atoms with Gasteiger partial charge in [0.15, 0.2) is 12.4 Å². The summed E-state index contributed by atoms with van der Waals surface area (Å²) in [6.45, 7) is 0.727. The van der Waals surface area contributed by atoms with Gasteiger partial charge in [-0.15, -0.1) is 0 Å². The lowest BCUT2D eigenvalue weighted by Crippen LogP contribution is -2.33. The van der Waals surface area contributed by atoms with Gasteiger partial charge in [0.25, 0.3) is 0 Å². The average Bonchev–Trinajstić information content (AvgIpc) is 2.70. The lowest BCUT2D eigenvalue weighted by molar-refractivity contribution is -0.0441. The first-order chi connectivity index (χ1) is 8.99. The van der Waals surface area contributed by atoms with Crippen molar-refractivity contribution >= 4 is 5.82 Å². The predicted molar refractivity (Wildman–Crippen MR) is 64.1 cm³/mol. The van der Waals surface area contributed by atoms with Crippen LogP contribution < -0.4 is 11.4 Å². The number of hydrogen-bond acceptors (Lipinski definition) is 6. The molecule has 2 rings (SSSR count). The third-order valence-corrected chi connectivity index (χ3v) is 3.31. The van der Waals surface area contributed by atoms with Crippen LogP contribution in [-0.2, 0) is 4.74 Å². The largest absolute Gasteiger partial charge is 0.396 e. The maximum atomic E-state index is 14.2. The first-order valence-corrected chi connectivity index (χ1v) is 5.86. The van der Waals surface area contributed by atoms with Gasteiger partial charge in [-0.2, -0.15) is 4.98 Å². The molecule has 2 heterocycles. The number of aromatic nitrogens is 2. The Morgan fingerprint density at radius 3 is 2.74 bits per heavy atom. The summed E-state index contributed by atoms with van der Waals surface area (Å²) in [5.41, 5.74) is 5.28. The summed E-state index contributed by atoms with van der Waals surface area (Å²) in [4.78, 5) is 15.3. The summed E-state index contributed by atoms with van der Waals surface area (Å²) >= 11 is 0. The van der Waals surface area contributed by atoms with Gasteiger partial charge in [-0.1, -0.05) is 0 Å². The number of aryl methyl sites for hydroxylation is 1. The van der Waals surface area contributed by atoms with Crippen LogP contribution in [0.5, 0.6) is 0 Å². The molecule has 0 unspecified atom stereocenters. The molecule has 8 heteroatoms. The van der Waals surface area contributed by atoms with Gasteiger partial charge in [-0.25, -0.2) is 9.18 Å². The van der Waals surface area contributed by atoms with E-state index in [9.17, 15) is 9.18 Å². The Morgan fingerprint density at radius 1 is 1.53 bits per heavy atom. The summed E-state index contributed by atoms with van der Waals surface area (Å²) in [5.74, 6) is -0.799. The number of anilines is 1. The number of hydrogen-bond donors (Lipinski definition) is 3. The van der Waals surface area contributed by atoms with Gasteiger partial charge in [0, 0.05) is 17.7 Å². The van der Waals surface area contributed by atoms with Crippen LogP contribution >= 0.6 is 0 Å².